The summed E-state index contributed by atoms with van der Waals surface area (Å²) in [6.45, 7) is 15.4. The molecule has 0 radical (unpaired) electrons. The molecule has 0 N–H and O–H groups in total. The summed E-state index contributed by atoms with van der Waals surface area (Å²) in [4.78, 5) is 22.9. The monoisotopic (exact) mass is 782 g/mol. The molecule has 7 heteroatoms. The smallest absolute Gasteiger partial charge is 0.177 e. The van der Waals surface area contributed by atoms with Crippen LogP contribution in [-0.4, -0.2) is 19.5 Å². The predicted molar refractivity (Wildman–Crippen MR) is 247 cm³/mol. The second-order valence-electron chi connectivity index (χ2n) is 14.6. The van der Waals surface area contributed by atoms with Crippen molar-refractivity contribution in [2.75, 3.05) is 0 Å². The molecule has 0 aliphatic carbocycles. The van der Waals surface area contributed by atoms with Crippen molar-refractivity contribution in [2.45, 2.75) is 0 Å². The molecule has 8 aromatic carbocycles. The molecular weight excluding hydrogens is 753 g/mol. The first-order valence-electron chi connectivity index (χ1n) is 19.5. The van der Waals surface area contributed by atoms with Crippen molar-refractivity contribution in [1.82, 2.24) is 19.5 Å². The molecule has 0 fully saturated rings. The van der Waals surface area contributed by atoms with Crippen molar-refractivity contribution in [1.29, 1.82) is 0 Å². The maximum absolute atomic E-state index is 7.72. The number of thiophene rings is 1. The van der Waals surface area contributed by atoms with Gasteiger partial charge < -0.3 is 4.57 Å². The van der Waals surface area contributed by atoms with Crippen LogP contribution in [0.2, 0.25) is 0 Å². The van der Waals surface area contributed by atoms with Gasteiger partial charge >= 0.3 is 0 Å². The highest BCUT2D eigenvalue weighted by molar-refractivity contribution is 7.25. The number of hydrogen-bond acceptors (Lipinski definition) is 4. The highest BCUT2D eigenvalue weighted by Gasteiger charge is 2.21. The van der Waals surface area contributed by atoms with Gasteiger partial charge in [0.1, 0.15) is 0 Å². The molecule has 0 bridgehead atoms. The summed E-state index contributed by atoms with van der Waals surface area (Å²) in [5.74, 6) is 1.72. The lowest BCUT2D eigenvalue weighted by molar-refractivity contribution is 1.06. The molecule has 0 amide bonds. The minimum Gasteiger partial charge on any atom is -0.308 e. The Morgan fingerprint density at radius 1 is 0.383 bits per heavy atom. The minimum atomic E-state index is 0.434. The summed E-state index contributed by atoms with van der Waals surface area (Å²) in [6.07, 6.45) is 0. The summed E-state index contributed by atoms with van der Waals surface area (Å²) in [5, 5.41) is 4.70. The first kappa shape index (κ1) is 35.0. The molecule has 0 saturated heterocycles. The van der Waals surface area contributed by atoms with Crippen LogP contribution in [0.4, 0.5) is 11.4 Å². The van der Waals surface area contributed by atoms with E-state index in [4.69, 9.17) is 28.1 Å². The summed E-state index contributed by atoms with van der Waals surface area (Å²) >= 11 is 1.81. The van der Waals surface area contributed by atoms with Gasteiger partial charge in [0.2, 0.25) is 0 Å². The lowest BCUT2D eigenvalue weighted by Crippen LogP contribution is -2.04. The van der Waals surface area contributed by atoms with Gasteiger partial charge in [0.15, 0.2) is 28.8 Å². The van der Waals surface area contributed by atoms with Crippen LogP contribution in [0.3, 0.4) is 0 Å². The van der Waals surface area contributed by atoms with Crippen LogP contribution < -0.4 is 0 Å². The van der Waals surface area contributed by atoms with Gasteiger partial charge in [-0.3, -0.25) is 0 Å². The van der Waals surface area contributed by atoms with Crippen LogP contribution >= 0.6 is 11.3 Å². The fourth-order valence-electron chi connectivity index (χ4n) is 8.22. The molecule has 278 valence electrons. The SMILES string of the molecule is [C-]#[N+]c1cc([N+]#[C-])cc(-c2ccc3c4ccccc4n(-c4ccc(-c5ccc6c(c5)sc5ccccc56)cc4-c4nc(-c5ccccc5)nc(-c5ccccc5)n4)c3c2)c1. The van der Waals surface area contributed by atoms with E-state index in [0.717, 1.165) is 66.4 Å². The van der Waals surface area contributed by atoms with Crippen molar-refractivity contribution >= 4 is 64.7 Å². The van der Waals surface area contributed by atoms with Gasteiger partial charge in [0.25, 0.3) is 0 Å². The van der Waals surface area contributed by atoms with E-state index in [1.165, 1.54) is 20.2 Å². The van der Waals surface area contributed by atoms with Crippen molar-refractivity contribution in [2.24, 2.45) is 0 Å². The van der Waals surface area contributed by atoms with Crippen molar-refractivity contribution in [3.05, 3.63) is 205 Å². The number of para-hydroxylation sites is 1. The molecule has 0 aliphatic heterocycles. The third kappa shape index (κ3) is 5.97. The minimum absolute atomic E-state index is 0.434. The van der Waals surface area contributed by atoms with Crippen molar-refractivity contribution in [3.8, 4) is 62.1 Å². The molecule has 60 heavy (non-hydrogen) atoms. The fourth-order valence-corrected chi connectivity index (χ4v) is 9.37. The van der Waals surface area contributed by atoms with Crippen LogP contribution in [0.25, 0.3) is 114 Å². The molecule has 3 heterocycles. The van der Waals surface area contributed by atoms with E-state index in [-0.39, 0.29) is 0 Å². The van der Waals surface area contributed by atoms with Gasteiger partial charge in [0.05, 0.1) is 29.9 Å². The summed E-state index contributed by atoms with van der Waals surface area (Å²) in [5.41, 5.74) is 10.3. The quantitative estimate of drug-likeness (QED) is 0.158. The Bertz CT molecular complexity index is 3480. The Labute approximate surface area is 349 Å². The van der Waals surface area contributed by atoms with Gasteiger partial charge in [-0.2, -0.15) is 0 Å². The zero-order valence-electron chi connectivity index (χ0n) is 31.9. The third-order valence-electron chi connectivity index (χ3n) is 11.1. The zero-order chi connectivity index (χ0) is 40.2. The van der Waals surface area contributed by atoms with E-state index in [0.29, 0.717) is 28.8 Å². The highest BCUT2D eigenvalue weighted by Crippen LogP contribution is 2.42. The molecule has 0 aliphatic rings. The molecule has 0 atom stereocenters. The van der Waals surface area contributed by atoms with E-state index in [9.17, 15) is 0 Å². The molecule has 6 nitrogen and oxygen atoms in total. The first-order chi connectivity index (χ1) is 29.6. The Balaban J connectivity index is 1.20. The van der Waals surface area contributed by atoms with Crippen LogP contribution in [0, 0.1) is 13.1 Å². The normalized spacial score (nSPS) is 11.3. The summed E-state index contributed by atoms with van der Waals surface area (Å²) in [6, 6.07) is 62.2. The number of hydrogen-bond donors (Lipinski definition) is 0. The van der Waals surface area contributed by atoms with E-state index in [2.05, 4.69) is 117 Å². The second-order valence-corrected chi connectivity index (χ2v) is 15.7. The second kappa shape index (κ2) is 14.3. The molecule has 11 rings (SSSR count). The van der Waals surface area contributed by atoms with E-state index < -0.39 is 0 Å². The van der Waals surface area contributed by atoms with E-state index in [1.807, 2.05) is 84.1 Å². The zero-order valence-corrected chi connectivity index (χ0v) is 32.7. The first-order valence-corrected chi connectivity index (χ1v) is 20.3. The van der Waals surface area contributed by atoms with E-state index >= 15 is 0 Å². The highest BCUT2D eigenvalue weighted by atomic mass is 32.1. The molecule has 3 aromatic heterocycles. The maximum atomic E-state index is 7.72. The summed E-state index contributed by atoms with van der Waals surface area (Å²) < 4.78 is 4.80. The molecule has 0 saturated carbocycles. The average molecular weight is 783 g/mol. The van der Waals surface area contributed by atoms with Crippen molar-refractivity contribution in [3.63, 3.8) is 0 Å². The van der Waals surface area contributed by atoms with E-state index in [1.54, 1.807) is 6.07 Å². The number of aromatic nitrogens is 4. The maximum Gasteiger partial charge on any atom is 0.177 e. The number of rotatable bonds is 6. The Kier molecular flexibility index (Phi) is 8.34. The lowest BCUT2D eigenvalue weighted by Gasteiger charge is -2.17. The van der Waals surface area contributed by atoms with Crippen LogP contribution in [0.15, 0.2) is 182 Å². The van der Waals surface area contributed by atoms with Crippen LogP contribution in [-0.2, 0) is 0 Å². The summed E-state index contributed by atoms with van der Waals surface area (Å²) in [7, 11) is 0. The van der Waals surface area contributed by atoms with Crippen molar-refractivity contribution < 1.29 is 0 Å². The Hall–Kier alpha value is -8.23. The standard InChI is InChI=1S/C53H30N6S/c1-54-39-27-38(28-40(32-39)55-2)36-21-24-42-41-17-9-11-19-46(41)59(48(42)30-36)47-26-23-35(37-22-25-44-43-18-10-12-20-49(43)60-50(44)31-37)29-45(47)53-57-51(33-13-5-3-6-14-33)56-52(58-53)34-15-7-4-8-16-34/h3-32H. The largest absolute Gasteiger partial charge is 0.308 e. The predicted octanol–water partition coefficient (Wildman–Crippen LogP) is 14.8. The fraction of sp³-hybridized carbons (Fsp3) is 0. The Morgan fingerprint density at radius 3 is 1.62 bits per heavy atom. The van der Waals surface area contributed by atoms with Gasteiger partial charge in [-0.25, -0.2) is 24.6 Å². The van der Waals surface area contributed by atoms with Gasteiger partial charge in [-0.15, -0.1) is 11.3 Å². The molecule has 0 unspecified atom stereocenters. The topological polar surface area (TPSA) is 52.3 Å². The molecule has 11 aromatic rings. The molecular formula is C53H30N6S. The lowest BCUT2D eigenvalue weighted by atomic mass is 9.99. The van der Waals surface area contributed by atoms with Gasteiger partial charge in [0, 0.05) is 47.6 Å². The number of nitrogens with zero attached hydrogens (tertiary/aromatic N) is 6. The van der Waals surface area contributed by atoms with Gasteiger partial charge in [-0.05, 0) is 58.7 Å². The third-order valence-corrected chi connectivity index (χ3v) is 12.2. The van der Waals surface area contributed by atoms with Crippen LogP contribution in [0.1, 0.15) is 0 Å². The van der Waals surface area contributed by atoms with Gasteiger partial charge in [-0.1, -0.05) is 146 Å². The average Bonchev–Trinajstić information content (AvgIpc) is 3.86. The number of fused-ring (bicyclic) bond motifs is 6. The molecule has 0 spiro atoms. The van der Waals surface area contributed by atoms with Crippen LogP contribution in [0.5, 0.6) is 0 Å². The number of benzene rings is 8. The Morgan fingerprint density at radius 2 is 0.917 bits per heavy atom.